The first-order valence-electron chi connectivity index (χ1n) is 7.67. The van der Waals surface area contributed by atoms with Crippen LogP contribution in [0.5, 0.6) is 0 Å². The molecule has 0 aromatic heterocycles. The number of aliphatic hydroxyl groups is 1. The van der Waals surface area contributed by atoms with E-state index in [4.69, 9.17) is 4.74 Å². The maximum absolute atomic E-state index is 10.9. The highest BCUT2D eigenvalue weighted by molar-refractivity contribution is 5.51. The Kier molecular flexibility index (Phi) is 4.56. The predicted molar refractivity (Wildman–Crippen MR) is 92.2 cm³/mol. The van der Waals surface area contributed by atoms with Gasteiger partial charge in [0.05, 0.1) is 5.41 Å². The molecule has 0 radical (unpaired) electrons. The Morgan fingerprint density at radius 1 is 0.652 bits per heavy atom. The van der Waals surface area contributed by atoms with Gasteiger partial charge in [-0.3, -0.25) is 0 Å². The quantitative estimate of drug-likeness (QED) is 0.570. The summed E-state index contributed by atoms with van der Waals surface area (Å²) in [5.74, 6) is 0. The van der Waals surface area contributed by atoms with Gasteiger partial charge in [0.2, 0.25) is 0 Å². The van der Waals surface area contributed by atoms with Gasteiger partial charge in [0.25, 0.3) is 0 Å². The third-order valence-electron chi connectivity index (χ3n) is 4.28. The molecule has 1 N–H and O–H groups in total. The van der Waals surface area contributed by atoms with Gasteiger partial charge in [0, 0.05) is 7.11 Å². The number of ether oxygens (including phenoxy) is 1. The maximum atomic E-state index is 10.9. The van der Waals surface area contributed by atoms with Gasteiger partial charge in [-0.2, -0.15) is 0 Å². The summed E-state index contributed by atoms with van der Waals surface area (Å²) < 4.78 is 5.43. The third-order valence-corrected chi connectivity index (χ3v) is 4.28. The summed E-state index contributed by atoms with van der Waals surface area (Å²) >= 11 is 0. The first-order chi connectivity index (χ1) is 11.3. The Morgan fingerprint density at radius 2 is 0.957 bits per heavy atom. The molecule has 0 spiro atoms. The Hall–Kier alpha value is -2.42. The van der Waals surface area contributed by atoms with Crippen molar-refractivity contribution >= 4 is 0 Å². The van der Waals surface area contributed by atoms with E-state index in [1.807, 2.05) is 91.0 Å². The fraction of sp³-hybridized carbons (Fsp3) is 0.143. The van der Waals surface area contributed by atoms with Crippen molar-refractivity contribution < 1.29 is 9.84 Å². The van der Waals surface area contributed by atoms with E-state index in [1.54, 1.807) is 0 Å². The molecule has 3 aromatic rings. The molecule has 0 saturated carbocycles. The van der Waals surface area contributed by atoms with Gasteiger partial charge in [-0.25, -0.2) is 0 Å². The van der Waals surface area contributed by atoms with Crippen molar-refractivity contribution in [2.24, 2.45) is 0 Å². The molecule has 3 aromatic carbocycles. The number of methoxy groups -OCH3 is 1. The van der Waals surface area contributed by atoms with Crippen LogP contribution in [-0.2, 0) is 10.2 Å². The SMILES string of the molecule is COC(O)C(c1ccccc1)(c1ccccc1)c1ccccc1. The molecular weight excluding hydrogens is 284 g/mol. The van der Waals surface area contributed by atoms with Gasteiger partial charge in [-0.1, -0.05) is 91.0 Å². The van der Waals surface area contributed by atoms with Crippen molar-refractivity contribution in [2.75, 3.05) is 7.11 Å². The molecule has 0 bridgehead atoms. The second kappa shape index (κ2) is 6.78. The summed E-state index contributed by atoms with van der Waals surface area (Å²) in [6.45, 7) is 0. The Morgan fingerprint density at radius 3 is 1.22 bits per heavy atom. The molecule has 1 unspecified atom stereocenters. The molecule has 0 aliphatic heterocycles. The Labute approximate surface area is 137 Å². The zero-order valence-electron chi connectivity index (χ0n) is 13.1. The summed E-state index contributed by atoms with van der Waals surface area (Å²) in [5.41, 5.74) is 2.20. The van der Waals surface area contributed by atoms with E-state index in [1.165, 1.54) is 7.11 Å². The number of aliphatic hydroxyl groups excluding tert-OH is 1. The highest BCUT2D eigenvalue weighted by Crippen LogP contribution is 2.42. The van der Waals surface area contributed by atoms with E-state index in [9.17, 15) is 5.11 Å². The summed E-state index contributed by atoms with van der Waals surface area (Å²) in [4.78, 5) is 0. The second-order valence-corrected chi connectivity index (χ2v) is 5.49. The molecule has 1 atom stereocenters. The van der Waals surface area contributed by atoms with Crippen LogP contribution in [0.2, 0.25) is 0 Å². The van der Waals surface area contributed by atoms with Gasteiger partial charge in [0.15, 0.2) is 6.29 Å². The van der Waals surface area contributed by atoms with Crippen LogP contribution in [0.25, 0.3) is 0 Å². The average molecular weight is 304 g/mol. The zero-order valence-corrected chi connectivity index (χ0v) is 13.1. The van der Waals surface area contributed by atoms with Crippen molar-refractivity contribution in [3.05, 3.63) is 108 Å². The smallest absolute Gasteiger partial charge is 0.172 e. The van der Waals surface area contributed by atoms with Crippen LogP contribution in [0.15, 0.2) is 91.0 Å². The van der Waals surface area contributed by atoms with Crippen molar-refractivity contribution in [1.29, 1.82) is 0 Å². The van der Waals surface area contributed by atoms with E-state index in [-0.39, 0.29) is 0 Å². The minimum absolute atomic E-state index is 0.779. The molecule has 0 fully saturated rings. The monoisotopic (exact) mass is 304 g/mol. The number of benzene rings is 3. The van der Waals surface area contributed by atoms with Crippen molar-refractivity contribution in [1.82, 2.24) is 0 Å². The summed E-state index contributed by atoms with van der Waals surface area (Å²) in [6.07, 6.45) is -1.00. The lowest BCUT2D eigenvalue weighted by atomic mass is 9.69. The number of hydrogen-bond acceptors (Lipinski definition) is 2. The molecule has 2 nitrogen and oxygen atoms in total. The van der Waals surface area contributed by atoms with E-state index in [0.29, 0.717) is 0 Å². The molecule has 0 saturated heterocycles. The van der Waals surface area contributed by atoms with Crippen LogP contribution in [0.4, 0.5) is 0 Å². The van der Waals surface area contributed by atoms with Crippen LogP contribution < -0.4 is 0 Å². The van der Waals surface area contributed by atoms with E-state index in [2.05, 4.69) is 0 Å². The fourth-order valence-electron chi connectivity index (χ4n) is 3.21. The van der Waals surface area contributed by atoms with Crippen molar-refractivity contribution in [3.8, 4) is 0 Å². The molecule has 2 heteroatoms. The number of rotatable bonds is 5. The first kappa shape index (κ1) is 15.5. The maximum Gasteiger partial charge on any atom is 0.172 e. The third kappa shape index (κ3) is 2.67. The van der Waals surface area contributed by atoms with Crippen LogP contribution in [-0.4, -0.2) is 18.5 Å². The standard InChI is InChI=1S/C21H20O2/c1-23-20(22)21(17-11-5-2-6-12-17,18-13-7-3-8-14-18)19-15-9-4-10-16-19/h2-16,20,22H,1H3. The van der Waals surface area contributed by atoms with E-state index < -0.39 is 11.7 Å². The summed E-state index contributed by atoms with van der Waals surface area (Å²) in [7, 11) is 1.54. The summed E-state index contributed by atoms with van der Waals surface area (Å²) in [5, 5.41) is 10.9. The van der Waals surface area contributed by atoms with Gasteiger partial charge in [-0.15, -0.1) is 0 Å². The Bertz CT molecular complexity index is 627. The lowest BCUT2D eigenvalue weighted by Gasteiger charge is -2.39. The van der Waals surface area contributed by atoms with Crippen LogP contribution >= 0.6 is 0 Å². The second-order valence-electron chi connectivity index (χ2n) is 5.49. The fourth-order valence-corrected chi connectivity index (χ4v) is 3.21. The predicted octanol–water partition coefficient (Wildman–Crippen LogP) is 3.99. The van der Waals surface area contributed by atoms with Gasteiger partial charge < -0.3 is 9.84 Å². The van der Waals surface area contributed by atoms with Crippen molar-refractivity contribution in [3.63, 3.8) is 0 Å². The minimum atomic E-state index is -1.00. The summed E-state index contributed by atoms with van der Waals surface area (Å²) in [6, 6.07) is 30.0. The lowest BCUT2D eigenvalue weighted by Crippen LogP contribution is -2.43. The van der Waals surface area contributed by atoms with Gasteiger partial charge in [0.1, 0.15) is 0 Å². The molecule has 0 heterocycles. The molecule has 116 valence electrons. The highest BCUT2D eigenvalue weighted by Gasteiger charge is 2.43. The van der Waals surface area contributed by atoms with E-state index in [0.717, 1.165) is 16.7 Å². The topological polar surface area (TPSA) is 29.5 Å². The average Bonchev–Trinajstić information content (AvgIpc) is 2.65. The minimum Gasteiger partial charge on any atom is -0.367 e. The first-order valence-corrected chi connectivity index (χ1v) is 7.67. The van der Waals surface area contributed by atoms with Gasteiger partial charge >= 0.3 is 0 Å². The molecule has 0 amide bonds. The normalized spacial score (nSPS) is 12.8. The van der Waals surface area contributed by atoms with Crippen molar-refractivity contribution in [2.45, 2.75) is 11.7 Å². The zero-order chi connectivity index (χ0) is 16.1. The largest absolute Gasteiger partial charge is 0.367 e. The van der Waals surface area contributed by atoms with Crippen LogP contribution in [0, 0.1) is 0 Å². The molecule has 23 heavy (non-hydrogen) atoms. The molecule has 0 aliphatic rings. The van der Waals surface area contributed by atoms with Crippen LogP contribution in [0.3, 0.4) is 0 Å². The molecular formula is C21H20O2. The highest BCUT2D eigenvalue weighted by atomic mass is 16.6. The molecule has 3 rings (SSSR count). The van der Waals surface area contributed by atoms with Gasteiger partial charge in [-0.05, 0) is 16.7 Å². The lowest BCUT2D eigenvalue weighted by molar-refractivity contribution is -0.105. The Balaban J connectivity index is 2.35. The number of hydrogen-bond donors (Lipinski definition) is 1. The van der Waals surface area contributed by atoms with Crippen LogP contribution in [0.1, 0.15) is 16.7 Å². The van der Waals surface area contributed by atoms with E-state index >= 15 is 0 Å². The molecule has 0 aliphatic carbocycles.